The second-order valence-electron chi connectivity index (χ2n) is 9.82. The van der Waals surface area contributed by atoms with E-state index in [0.717, 1.165) is 23.1 Å². The molecule has 0 aliphatic rings. The minimum atomic E-state index is -1.90. The molecule has 3 nitrogen and oxygen atoms in total. The topological polar surface area (TPSA) is 44.5 Å². The Balaban J connectivity index is 3.24. The zero-order valence-electron chi connectivity index (χ0n) is 18.0. The molecule has 1 aromatic carbocycles. The normalized spacial score (nSPS) is 15.6. The summed E-state index contributed by atoms with van der Waals surface area (Å²) in [6, 6.07) is 7.27. The number of benzene rings is 1. The second-order valence-corrected chi connectivity index (χ2v) is 19.4. The highest BCUT2D eigenvalue weighted by Gasteiger charge is 2.42. The molecule has 1 atom stereocenters. The summed E-state index contributed by atoms with van der Waals surface area (Å²) in [5.41, 5.74) is 6.99. The lowest BCUT2D eigenvalue weighted by molar-refractivity contribution is 0.469. The third-order valence-electron chi connectivity index (χ3n) is 5.96. The SMILES string of the molecule is CC[Si](C)(Oc1cc(CN)cc(O[Si](C)(C)C(C)(C)C)c1)C(C)(C)C. The maximum atomic E-state index is 6.62. The van der Waals surface area contributed by atoms with Crippen molar-refractivity contribution in [3.63, 3.8) is 0 Å². The molecule has 0 radical (unpaired) electrons. The third kappa shape index (κ3) is 5.34. The van der Waals surface area contributed by atoms with Gasteiger partial charge in [-0.2, -0.15) is 0 Å². The van der Waals surface area contributed by atoms with Gasteiger partial charge in [-0.25, -0.2) is 0 Å². The molecule has 2 N–H and O–H groups in total. The van der Waals surface area contributed by atoms with Crippen LogP contribution in [0.5, 0.6) is 11.5 Å². The molecule has 0 saturated carbocycles. The van der Waals surface area contributed by atoms with Crippen molar-refractivity contribution >= 4 is 16.6 Å². The number of nitrogens with two attached hydrogens (primary N) is 1. The molecular weight excluding hydrogens is 342 g/mol. The van der Waals surface area contributed by atoms with E-state index in [2.05, 4.69) is 86.3 Å². The van der Waals surface area contributed by atoms with Crippen LogP contribution >= 0.6 is 0 Å². The highest BCUT2D eigenvalue weighted by molar-refractivity contribution is 6.76. The highest BCUT2D eigenvalue weighted by Crippen LogP contribution is 2.42. The molecule has 0 heterocycles. The summed E-state index contributed by atoms with van der Waals surface area (Å²) in [6.07, 6.45) is 0. The fourth-order valence-electron chi connectivity index (χ4n) is 2.33. The molecule has 0 aliphatic heterocycles. The minimum Gasteiger partial charge on any atom is -0.543 e. The largest absolute Gasteiger partial charge is 0.543 e. The molecule has 1 unspecified atom stereocenters. The Bertz CT molecular complexity index is 588. The van der Waals surface area contributed by atoms with E-state index < -0.39 is 16.6 Å². The van der Waals surface area contributed by atoms with E-state index in [1.54, 1.807) is 0 Å². The van der Waals surface area contributed by atoms with Crippen molar-refractivity contribution in [2.75, 3.05) is 0 Å². The molecule has 0 aromatic heterocycles. The van der Waals surface area contributed by atoms with E-state index in [4.69, 9.17) is 14.6 Å². The standard InChI is InChI=1S/C20H39NO2Si2/c1-11-25(10,20(5,6)7)23-18-13-16(15-21)12-17(14-18)22-24(8,9)19(2,3)4/h12-14H,11,15,21H2,1-10H3. The van der Waals surface area contributed by atoms with E-state index in [9.17, 15) is 0 Å². The minimum absolute atomic E-state index is 0.158. The second kappa shape index (κ2) is 7.45. The van der Waals surface area contributed by atoms with E-state index in [-0.39, 0.29) is 10.1 Å². The predicted octanol–water partition coefficient (Wildman–Crippen LogP) is 6.30. The summed E-state index contributed by atoms with van der Waals surface area (Å²) >= 11 is 0. The fourth-order valence-corrected chi connectivity index (χ4v) is 5.49. The van der Waals surface area contributed by atoms with Crippen molar-refractivity contribution < 1.29 is 8.85 Å². The number of hydrogen-bond acceptors (Lipinski definition) is 3. The molecule has 5 heteroatoms. The quantitative estimate of drug-likeness (QED) is 0.588. The van der Waals surface area contributed by atoms with Gasteiger partial charge in [0.15, 0.2) is 0 Å². The van der Waals surface area contributed by atoms with Crippen LogP contribution in [0.15, 0.2) is 18.2 Å². The van der Waals surface area contributed by atoms with Crippen LogP contribution < -0.4 is 14.6 Å². The van der Waals surface area contributed by atoms with Gasteiger partial charge >= 0.3 is 0 Å². The van der Waals surface area contributed by atoms with Crippen molar-refractivity contribution in [3.05, 3.63) is 23.8 Å². The molecule has 25 heavy (non-hydrogen) atoms. The predicted molar refractivity (Wildman–Crippen MR) is 115 cm³/mol. The summed E-state index contributed by atoms with van der Waals surface area (Å²) in [5.74, 6) is 1.80. The Hall–Kier alpha value is -0.786. The van der Waals surface area contributed by atoms with Crippen LogP contribution in [0, 0.1) is 0 Å². The molecule has 1 rings (SSSR count). The molecule has 0 bridgehead atoms. The maximum absolute atomic E-state index is 6.62. The van der Waals surface area contributed by atoms with Crippen molar-refractivity contribution in [1.82, 2.24) is 0 Å². The van der Waals surface area contributed by atoms with Crippen LogP contribution in [0.25, 0.3) is 0 Å². The highest BCUT2D eigenvalue weighted by atomic mass is 28.4. The van der Waals surface area contributed by atoms with Gasteiger partial charge < -0.3 is 14.6 Å². The first-order chi connectivity index (χ1) is 11.1. The van der Waals surface area contributed by atoms with Crippen LogP contribution in [0.4, 0.5) is 0 Å². The molecule has 0 fully saturated rings. The first-order valence-corrected chi connectivity index (χ1v) is 14.9. The zero-order chi connectivity index (χ0) is 19.7. The van der Waals surface area contributed by atoms with Crippen LogP contribution in [0.3, 0.4) is 0 Å². The Kier molecular flexibility index (Phi) is 6.63. The number of hydrogen-bond donors (Lipinski definition) is 1. The molecule has 0 spiro atoms. The van der Waals surface area contributed by atoms with Gasteiger partial charge in [-0.1, -0.05) is 48.5 Å². The average molecular weight is 382 g/mol. The lowest BCUT2D eigenvalue weighted by Crippen LogP contribution is -2.46. The summed E-state index contributed by atoms with van der Waals surface area (Å²) in [7, 11) is -3.80. The van der Waals surface area contributed by atoms with Crippen LogP contribution in [0.1, 0.15) is 54.0 Å². The maximum Gasteiger partial charge on any atom is 0.253 e. The Morgan fingerprint density at radius 2 is 1.32 bits per heavy atom. The van der Waals surface area contributed by atoms with Crippen molar-refractivity contribution in [2.24, 2.45) is 5.73 Å². The van der Waals surface area contributed by atoms with Crippen LogP contribution in [-0.2, 0) is 6.54 Å². The monoisotopic (exact) mass is 381 g/mol. The Labute approximate surface area is 157 Å². The lowest BCUT2D eigenvalue weighted by Gasteiger charge is -2.39. The summed E-state index contributed by atoms with van der Waals surface area (Å²) < 4.78 is 13.1. The molecule has 0 amide bonds. The first kappa shape index (κ1) is 22.3. The van der Waals surface area contributed by atoms with E-state index >= 15 is 0 Å². The van der Waals surface area contributed by atoms with Crippen LogP contribution in [0.2, 0.25) is 35.8 Å². The average Bonchev–Trinajstić information content (AvgIpc) is 2.43. The van der Waals surface area contributed by atoms with Crippen molar-refractivity contribution in [1.29, 1.82) is 0 Å². The van der Waals surface area contributed by atoms with Gasteiger partial charge in [0.2, 0.25) is 8.32 Å². The van der Waals surface area contributed by atoms with E-state index in [1.165, 1.54) is 0 Å². The van der Waals surface area contributed by atoms with Gasteiger partial charge in [-0.3, -0.25) is 0 Å². The van der Waals surface area contributed by atoms with Gasteiger partial charge in [-0.05, 0) is 53.5 Å². The zero-order valence-corrected chi connectivity index (χ0v) is 20.0. The van der Waals surface area contributed by atoms with Gasteiger partial charge in [0.05, 0.1) is 0 Å². The lowest BCUT2D eigenvalue weighted by atomic mass is 10.2. The van der Waals surface area contributed by atoms with E-state index in [0.29, 0.717) is 6.54 Å². The van der Waals surface area contributed by atoms with Gasteiger partial charge in [0.25, 0.3) is 8.32 Å². The fraction of sp³-hybridized carbons (Fsp3) is 0.700. The first-order valence-electron chi connectivity index (χ1n) is 9.37. The molecule has 144 valence electrons. The summed E-state index contributed by atoms with van der Waals surface area (Å²) in [5, 5.41) is 0.325. The van der Waals surface area contributed by atoms with Crippen LogP contribution in [-0.4, -0.2) is 16.6 Å². The number of rotatable bonds is 6. The Morgan fingerprint density at radius 1 is 0.840 bits per heavy atom. The van der Waals surface area contributed by atoms with Crippen molar-refractivity contribution in [3.8, 4) is 11.5 Å². The third-order valence-corrected chi connectivity index (χ3v) is 15.5. The molecule has 1 aromatic rings. The Morgan fingerprint density at radius 3 is 1.68 bits per heavy atom. The van der Waals surface area contributed by atoms with Gasteiger partial charge in [0, 0.05) is 12.6 Å². The summed E-state index contributed by atoms with van der Waals surface area (Å²) in [6.45, 7) is 23.2. The molecule has 0 aliphatic carbocycles. The smallest absolute Gasteiger partial charge is 0.253 e. The summed E-state index contributed by atoms with van der Waals surface area (Å²) in [4.78, 5) is 0. The van der Waals surface area contributed by atoms with Crippen molar-refractivity contribution in [2.45, 2.75) is 90.8 Å². The van der Waals surface area contributed by atoms with Gasteiger partial charge in [0.1, 0.15) is 11.5 Å². The molecule has 0 saturated heterocycles. The molecular formula is C20H39NO2Si2. The van der Waals surface area contributed by atoms with Gasteiger partial charge in [-0.15, -0.1) is 0 Å². The van der Waals surface area contributed by atoms with E-state index in [1.807, 2.05) is 0 Å².